The zero-order chi connectivity index (χ0) is 20.7. The Morgan fingerprint density at radius 2 is 2.33 bits per heavy atom. The number of anilines is 1. The molecule has 6 nitrogen and oxygen atoms in total. The van der Waals surface area contributed by atoms with E-state index in [2.05, 4.69) is 10.3 Å². The number of nitrogens with one attached hydrogen (secondary N) is 2. The second kappa shape index (κ2) is 8.00. The van der Waals surface area contributed by atoms with E-state index in [4.69, 9.17) is 9.72 Å². The van der Waals surface area contributed by atoms with Crippen molar-refractivity contribution in [2.24, 2.45) is 5.92 Å². The lowest BCUT2D eigenvalue weighted by Gasteiger charge is -2.25. The Balaban J connectivity index is 1.30. The van der Waals surface area contributed by atoms with Crippen LogP contribution in [0.25, 0.3) is 10.9 Å². The van der Waals surface area contributed by atoms with Crippen molar-refractivity contribution in [2.45, 2.75) is 32.7 Å². The monoisotopic (exact) mass is 428 g/mol. The van der Waals surface area contributed by atoms with Gasteiger partial charge in [0, 0.05) is 47.8 Å². The minimum atomic E-state index is -0.281. The molecular formula is C22H25FN4O2S. The molecule has 1 fully saturated rings. The van der Waals surface area contributed by atoms with Gasteiger partial charge in [-0.15, -0.1) is 0 Å². The van der Waals surface area contributed by atoms with Gasteiger partial charge in [0.15, 0.2) is 5.13 Å². The molecule has 0 radical (unpaired) electrons. The van der Waals surface area contributed by atoms with Crippen molar-refractivity contribution in [1.82, 2.24) is 14.9 Å². The first-order valence-electron chi connectivity index (χ1n) is 10.5. The van der Waals surface area contributed by atoms with E-state index >= 15 is 0 Å². The number of rotatable bonds is 5. The Hall–Kier alpha value is -2.45. The van der Waals surface area contributed by atoms with Crippen molar-refractivity contribution in [1.29, 1.82) is 0 Å². The number of carbonyl (C=O) groups is 1. The second-order valence-electron chi connectivity index (χ2n) is 8.04. The number of aryl methyl sites for hydroxylation is 1. The molecule has 0 bridgehead atoms. The molecule has 0 spiro atoms. The molecule has 30 heavy (non-hydrogen) atoms. The molecule has 1 atom stereocenters. The summed E-state index contributed by atoms with van der Waals surface area (Å²) in [6, 6.07) is 4.85. The van der Waals surface area contributed by atoms with Gasteiger partial charge in [0.05, 0.1) is 18.8 Å². The Kier molecular flexibility index (Phi) is 5.20. The molecule has 2 aliphatic heterocycles. The molecule has 1 saturated heterocycles. The highest BCUT2D eigenvalue weighted by molar-refractivity contribution is 7.15. The zero-order valence-corrected chi connectivity index (χ0v) is 17.8. The van der Waals surface area contributed by atoms with Crippen LogP contribution in [0, 0.1) is 11.7 Å². The van der Waals surface area contributed by atoms with Crippen LogP contribution in [0.5, 0.6) is 0 Å². The maximum Gasteiger partial charge on any atom is 0.270 e. The standard InChI is InChI=1S/C22H25FN4O2S/c1-2-14-7-15(23)8-18-16(14)9-19(25-18)21(28)27-5-3-17-20(11-27)30-22(26-17)24-10-13-4-6-29-12-13/h7-9,13,25H,2-6,10-12H2,1H3,(H,24,26)/t13-/m0/s1. The molecule has 0 saturated carbocycles. The van der Waals surface area contributed by atoms with Gasteiger partial charge in [-0.2, -0.15) is 0 Å². The third kappa shape index (κ3) is 3.70. The van der Waals surface area contributed by atoms with Crippen molar-refractivity contribution >= 4 is 33.3 Å². The van der Waals surface area contributed by atoms with Crippen LogP contribution in [0.3, 0.4) is 0 Å². The third-order valence-corrected chi connectivity index (χ3v) is 7.02. The van der Waals surface area contributed by atoms with Gasteiger partial charge in [0.25, 0.3) is 5.91 Å². The number of carbonyl (C=O) groups excluding carboxylic acids is 1. The third-order valence-electron chi connectivity index (χ3n) is 5.98. The maximum absolute atomic E-state index is 13.8. The van der Waals surface area contributed by atoms with E-state index in [9.17, 15) is 9.18 Å². The van der Waals surface area contributed by atoms with Crippen molar-refractivity contribution in [3.8, 4) is 0 Å². The van der Waals surface area contributed by atoms with Crippen molar-refractivity contribution in [2.75, 3.05) is 31.6 Å². The lowest BCUT2D eigenvalue weighted by Crippen LogP contribution is -2.35. The predicted octanol–water partition coefficient (Wildman–Crippen LogP) is 3.97. The van der Waals surface area contributed by atoms with E-state index in [0.29, 0.717) is 30.2 Å². The largest absolute Gasteiger partial charge is 0.381 e. The van der Waals surface area contributed by atoms with Gasteiger partial charge < -0.3 is 19.9 Å². The smallest absolute Gasteiger partial charge is 0.270 e. The fourth-order valence-electron chi connectivity index (χ4n) is 4.27. The molecule has 158 valence electrons. The van der Waals surface area contributed by atoms with Gasteiger partial charge in [0.2, 0.25) is 0 Å². The second-order valence-corrected chi connectivity index (χ2v) is 9.12. The molecule has 0 aliphatic carbocycles. The average Bonchev–Trinajstić information content (AvgIpc) is 3.49. The number of hydrogen-bond acceptors (Lipinski definition) is 5. The number of H-pyrrole nitrogens is 1. The number of benzene rings is 1. The van der Waals surface area contributed by atoms with E-state index < -0.39 is 0 Å². The molecule has 3 aromatic rings. The molecule has 2 aromatic heterocycles. The van der Waals surface area contributed by atoms with E-state index in [0.717, 1.165) is 65.7 Å². The Labute approximate surface area is 178 Å². The molecule has 4 heterocycles. The molecule has 2 N–H and O–H groups in total. The van der Waals surface area contributed by atoms with Gasteiger partial charge >= 0.3 is 0 Å². The van der Waals surface area contributed by atoms with Crippen LogP contribution >= 0.6 is 11.3 Å². The number of nitrogens with zero attached hydrogens (tertiary/aromatic N) is 2. The van der Waals surface area contributed by atoms with Gasteiger partial charge in [-0.05, 0) is 36.6 Å². The number of aromatic nitrogens is 2. The minimum absolute atomic E-state index is 0.0506. The van der Waals surface area contributed by atoms with Crippen LogP contribution in [0.4, 0.5) is 9.52 Å². The summed E-state index contributed by atoms with van der Waals surface area (Å²) in [5.41, 5.74) is 3.18. The first-order valence-corrected chi connectivity index (χ1v) is 11.3. The average molecular weight is 429 g/mol. The summed E-state index contributed by atoms with van der Waals surface area (Å²) >= 11 is 1.63. The van der Waals surface area contributed by atoms with E-state index in [1.807, 2.05) is 17.9 Å². The SMILES string of the molecule is CCc1cc(F)cc2[nH]c(C(=O)N3CCc4nc(NC[C@@H]5CCOC5)sc4C3)cc12. The molecule has 0 unspecified atom stereocenters. The van der Waals surface area contributed by atoms with Crippen molar-refractivity contribution in [3.05, 3.63) is 45.8 Å². The lowest BCUT2D eigenvalue weighted by atomic mass is 10.1. The van der Waals surface area contributed by atoms with Gasteiger partial charge in [-0.25, -0.2) is 9.37 Å². The molecule has 5 rings (SSSR count). The van der Waals surface area contributed by atoms with Crippen LogP contribution in [-0.4, -0.2) is 47.1 Å². The van der Waals surface area contributed by atoms with Crippen LogP contribution in [0.15, 0.2) is 18.2 Å². The van der Waals surface area contributed by atoms with E-state index in [-0.39, 0.29) is 11.7 Å². The van der Waals surface area contributed by atoms with Crippen LogP contribution < -0.4 is 5.32 Å². The molecule has 2 aliphatic rings. The summed E-state index contributed by atoms with van der Waals surface area (Å²) in [7, 11) is 0. The number of halogens is 1. The molecule has 1 amide bonds. The topological polar surface area (TPSA) is 70.2 Å². The summed E-state index contributed by atoms with van der Waals surface area (Å²) in [4.78, 5) is 24.0. The summed E-state index contributed by atoms with van der Waals surface area (Å²) in [6.45, 7) is 5.72. The van der Waals surface area contributed by atoms with E-state index in [1.54, 1.807) is 17.4 Å². The number of hydrogen-bond donors (Lipinski definition) is 2. The fourth-order valence-corrected chi connectivity index (χ4v) is 5.30. The van der Waals surface area contributed by atoms with Crippen LogP contribution in [0.1, 0.15) is 40.0 Å². The number of aromatic amines is 1. The van der Waals surface area contributed by atoms with Crippen molar-refractivity contribution < 1.29 is 13.9 Å². The van der Waals surface area contributed by atoms with Crippen LogP contribution in [-0.2, 0) is 24.1 Å². The van der Waals surface area contributed by atoms with Gasteiger partial charge in [0.1, 0.15) is 11.5 Å². The predicted molar refractivity (Wildman–Crippen MR) is 116 cm³/mol. The maximum atomic E-state index is 13.8. The first-order chi connectivity index (χ1) is 14.6. The lowest BCUT2D eigenvalue weighted by molar-refractivity contribution is 0.0731. The summed E-state index contributed by atoms with van der Waals surface area (Å²) < 4.78 is 19.3. The number of amides is 1. The van der Waals surface area contributed by atoms with Gasteiger partial charge in [-0.3, -0.25) is 4.79 Å². The fraction of sp³-hybridized carbons (Fsp3) is 0.455. The Morgan fingerprint density at radius 1 is 1.43 bits per heavy atom. The highest BCUT2D eigenvalue weighted by atomic mass is 32.1. The summed E-state index contributed by atoms with van der Waals surface area (Å²) in [6.07, 6.45) is 2.56. The highest BCUT2D eigenvalue weighted by Crippen LogP contribution is 2.30. The van der Waals surface area contributed by atoms with Crippen LogP contribution in [0.2, 0.25) is 0 Å². The highest BCUT2D eigenvalue weighted by Gasteiger charge is 2.26. The van der Waals surface area contributed by atoms with E-state index in [1.165, 1.54) is 6.07 Å². The van der Waals surface area contributed by atoms with Gasteiger partial charge in [-0.1, -0.05) is 18.3 Å². The molecule has 1 aromatic carbocycles. The number of fused-ring (bicyclic) bond motifs is 2. The van der Waals surface area contributed by atoms with Crippen molar-refractivity contribution in [3.63, 3.8) is 0 Å². The molecular weight excluding hydrogens is 403 g/mol. The minimum Gasteiger partial charge on any atom is -0.381 e. The Bertz CT molecular complexity index is 1090. The Morgan fingerprint density at radius 3 is 3.13 bits per heavy atom. The quantitative estimate of drug-likeness (QED) is 0.645. The number of thiazole rings is 1. The number of ether oxygens (including phenoxy) is 1. The normalized spacial score (nSPS) is 18.7. The first kappa shape index (κ1) is 19.5. The summed E-state index contributed by atoms with van der Waals surface area (Å²) in [5, 5.41) is 5.28. The summed E-state index contributed by atoms with van der Waals surface area (Å²) in [5.74, 6) is 0.214. The zero-order valence-electron chi connectivity index (χ0n) is 17.0. The molecule has 8 heteroatoms.